The minimum Gasteiger partial charge on any atom is -0.508 e. The number of aromatic hydroxyl groups is 1. The van der Waals surface area contributed by atoms with E-state index < -0.39 is 0 Å². The second-order valence-electron chi connectivity index (χ2n) is 4.68. The molecule has 1 N–H and O–H groups in total. The van der Waals surface area contributed by atoms with Gasteiger partial charge in [-0.2, -0.15) is 0 Å². The first kappa shape index (κ1) is 11.8. The molecule has 0 amide bonds. The molecule has 3 rings (SSSR count). The molecule has 3 heteroatoms. The Bertz CT molecular complexity index is 716. The highest BCUT2D eigenvalue weighted by molar-refractivity contribution is 5.85. The number of phenols is 1. The van der Waals surface area contributed by atoms with Crippen molar-refractivity contribution in [3.63, 3.8) is 0 Å². The van der Waals surface area contributed by atoms with Gasteiger partial charge in [0.25, 0.3) is 0 Å². The quantitative estimate of drug-likeness (QED) is 0.772. The van der Waals surface area contributed by atoms with Crippen molar-refractivity contribution in [2.75, 3.05) is 0 Å². The van der Waals surface area contributed by atoms with E-state index in [0.717, 1.165) is 35.1 Å². The van der Waals surface area contributed by atoms with Gasteiger partial charge in [-0.25, -0.2) is 4.98 Å². The first-order chi connectivity index (χ1) is 9.28. The topological polar surface area (TPSA) is 38.0 Å². The lowest BCUT2D eigenvalue weighted by molar-refractivity contribution is 0.476. The van der Waals surface area contributed by atoms with Crippen molar-refractivity contribution in [1.82, 2.24) is 9.55 Å². The van der Waals surface area contributed by atoms with E-state index in [9.17, 15) is 5.11 Å². The molecule has 2 aromatic carbocycles. The van der Waals surface area contributed by atoms with Gasteiger partial charge in [0.2, 0.25) is 0 Å². The van der Waals surface area contributed by atoms with Crippen LogP contribution in [0, 0.1) is 0 Å². The van der Waals surface area contributed by atoms with Crippen LogP contribution in [0.2, 0.25) is 0 Å². The van der Waals surface area contributed by atoms with Crippen LogP contribution in [0.5, 0.6) is 5.75 Å². The first-order valence-electron chi connectivity index (χ1n) is 6.53. The highest BCUT2D eigenvalue weighted by Crippen LogP contribution is 2.23. The fraction of sp³-hybridized carbons (Fsp3) is 0.188. The molecule has 1 aromatic heterocycles. The maximum Gasteiger partial charge on any atom is 0.116 e. The average Bonchev–Trinajstić information content (AvgIpc) is 2.87. The molecule has 0 fully saturated rings. The van der Waals surface area contributed by atoms with Crippen molar-refractivity contribution in [2.24, 2.45) is 0 Å². The third kappa shape index (κ3) is 2.19. The predicted octanol–water partition coefficient (Wildman–Crippen LogP) is 3.68. The normalized spacial score (nSPS) is 11.0. The van der Waals surface area contributed by atoms with Crippen LogP contribution in [0.3, 0.4) is 0 Å². The summed E-state index contributed by atoms with van der Waals surface area (Å²) in [5.41, 5.74) is 1.11. The van der Waals surface area contributed by atoms with Gasteiger partial charge >= 0.3 is 0 Å². The van der Waals surface area contributed by atoms with Crippen LogP contribution in [0.4, 0.5) is 0 Å². The number of hydrogen-bond donors (Lipinski definition) is 1. The van der Waals surface area contributed by atoms with Crippen LogP contribution in [-0.2, 0) is 6.42 Å². The molecule has 1 heterocycles. The van der Waals surface area contributed by atoms with Gasteiger partial charge in [-0.3, -0.25) is 0 Å². The summed E-state index contributed by atoms with van der Waals surface area (Å²) in [5.74, 6) is 1.38. The SMILES string of the molecule is CCCc1nccn1-c1ccc2cc(O)ccc2c1. The number of nitrogens with zero attached hydrogens (tertiary/aromatic N) is 2. The third-order valence-corrected chi connectivity index (χ3v) is 3.28. The highest BCUT2D eigenvalue weighted by atomic mass is 16.3. The molecule has 0 saturated heterocycles. The second-order valence-corrected chi connectivity index (χ2v) is 4.68. The van der Waals surface area contributed by atoms with Crippen LogP contribution in [0.15, 0.2) is 48.8 Å². The van der Waals surface area contributed by atoms with E-state index in [0.29, 0.717) is 5.75 Å². The Labute approximate surface area is 112 Å². The van der Waals surface area contributed by atoms with Gasteiger partial charge < -0.3 is 9.67 Å². The van der Waals surface area contributed by atoms with Crippen molar-refractivity contribution in [3.05, 3.63) is 54.6 Å². The summed E-state index contributed by atoms with van der Waals surface area (Å²) in [5, 5.41) is 11.6. The molecule has 0 unspecified atom stereocenters. The third-order valence-electron chi connectivity index (χ3n) is 3.28. The van der Waals surface area contributed by atoms with Crippen molar-refractivity contribution in [3.8, 4) is 11.4 Å². The summed E-state index contributed by atoms with van der Waals surface area (Å²) in [6.45, 7) is 2.15. The van der Waals surface area contributed by atoms with Crippen molar-refractivity contribution >= 4 is 10.8 Å². The van der Waals surface area contributed by atoms with Gasteiger partial charge in [-0.1, -0.05) is 19.1 Å². The number of hydrogen-bond acceptors (Lipinski definition) is 2. The molecule has 0 aliphatic carbocycles. The summed E-state index contributed by atoms with van der Waals surface area (Å²) in [6, 6.07) is 11.6. The zero-order valence-electron chi connectivity index (χ0n) is 10.9. The van der Waals surface area contributed by atoms with Crippen LogP contribution in [0.25, 0.3) is 16.5 Å². The number of rotatable bonds is 3. The van der Waals surface area contributed by atoms with Gasteiger partial charge in [-0.05, 0) is 41.5 Å². The Balaban J connectivity index is 2.10. The van der Waals surface area contributed by atoms with Crippen LogP contribution in [-0.4, -0.2) is 14.7 Å². The Morgan fingerprint density at radius 3 is 2.74 bits per heavy atom. The molecule has 0 atom stereocenters. The number of benzene rings is 2. The van der Waals surface area contributed by atoms with E-state index in [1.54, 1.807) is 12.1 Å². The van der Waals surface area contributed by atoms with E-state index in [2.05, 4.69) is 28.6 Å². The minimum atomic E-state index is 0.301. The molecule has 0 saturated carbocycles. The number of aromatic nitrogens is 2. The van der Waals surface area contributed by atoms with E-state index in [1.807, 2.05) is 24.5 Å². The summed E-state index contributed by atoms with van der Waals surface area (Å²) in [4.78, 5) is 4.40. The molecule has 19 heavy (non-hydrogen) atoms. The van der Waals surface area contributed by atoms with Crippen LogP contribution < -0.4 is 0 Å². The number of fused-ring (bicyclic) bond motifs is 1. The zero-order chi connectivity index (χ0) is 13.2. The molecule has 3 nitrogen and oxygen atoms in total. The fourth-order valence-electron chi connectivity index (χ4n) is 2.35. The van der Waals surface area contributed by atoms with Crippen molar-refractivity contribution < 1.29 is 5.11 Å². The summed E-state index contributed by atoms with van der Waals surface area (Å²) in [7, 11) is 0. The summed E-state index contributed by atoms with van der Waals surface area (Å²) in [6.07, 6.45) is 5.89. The zero-order valence-corrected chi connectivity index (χ0v) is 10.9. The maximum absolute atomic E-state index is 9.48. The average molecular weight is 252 g/mol. The molecule has 0 spiro atoms. The summed E-state index contributed by atoms with van der Waals surface area (Å²) >= 11 is 0. The molecule has 0 radical (unpaired) electrons. The lowest BCUT2D eigenvalue weighted by atomic mass is 10.1. The predicted molar refractivity (Wildman–Crippen MR) is 76.7 cm³/mol. The fourth-order valence-corrected chi connectivity index (χ4v) is 2.35. The van der Waals surface area contributed by atoms with E-state index in [-0.39, 0.29) is 0 Å². The maximum atomic E-state index is 9.48. The van der Waals surface area contributed by atoms with Crippen LogP contribution >= 0.6 is 0 Å². The van der Waals surface area contributed by atoms with Gasteiger partial charge in [-0.15, -0.1) is 0 Å². The molecule has 96 valence electrons. The Morgan fingerprint density at radius 2 is 1.89 bits per heavy atom. The molecular weight excluding hydrogens is 236 g/mol. The first-order valence-corrected chi connectivity index (χ1v) is 6.53. The van der Waals surface area contributed by atoms with E-state index in [4.69, 9.17) is 0 Å². The standard InChI is InChI=1S/C16H16N2O/c1-2-3-16-17-8-9-18(16)14-6-4-13-11-15(19)7-5-12(13)10-14/h4-11,19H,2-3H2,1H3. The Hall–Kier alpha value is -2.29. The molecular formula is C16H16N2O. The Morgan fingerprint density at radius 1 is 1.11 bits per heavy atom. The van der Waals surface area contributed by atoms with Crippen LogP contribution in [0.1, 0.15) is 19.2 Å². The largest absolute Gasteiger partial charge is 0.508 e. The second kappa shape index (κ2) is 4.76. The monoisotopic (exact) mass is 252 g/mol. The highest BCUT2D eigenvalue weighted by Gasteiger charge is 2.05. The molecule has 0 bridgehead atoms. The van der Waals surface area contributed by atoms with Gasteiger partial charge in [0.1, 0.15) is 11.6 Å². The van der Waals surface area contributed by atoms with Crippen molar-refractivity contribution in [2.45, 2.75) is 19.8 Å². The number of imidazole rings is 1. The molecule has 0 aliphatic heterocycles. The van der Waals surface area contributed by atoms with Gasteiger partial charge in [0.05, 0.1) is 0 Å². The lowest BCUT2D eigenvalue weighted by Crippen LogP contribution is -1.99. The van der Waals surface area contributed by atoms with E-state index in [1.165, 1.54) is 0 Å². The Kier molecular flexibility index (Phi) is 2.95. The molecule has 3 aromatic rings. The van der Waals surface area contributed by atoms with Gasteiger partial charge in [0.15, 0.2) is 0 Å². The lowest BCUT2D eigenvalue weighted by Gasteiger charge is -2.08. The number of phenolic OH excluding ortho intramolecular Hbond substituents is 1. The minimum absolute atomic E-state index is 0.301. The van der Waals surface area contributed by atoms with Gasteiger partial charge in [0, 0.05) is 24.5 Å². The number of aryl methyl sites for hydroxylation is 1. The smallest absolute Gasteiger partial charge is 0.116 e. The molecule has 0 aliphatic rings. The summed E-state index contributed by atoms with van der Waals surface area (Å²) < 4.78 is 2.12. The van der Waals surface area contributed by atoms with E-state index >= 15 is 0 Å². The van der Waals surface area contributed by atoms with Crippen molar-refractivity contribution in [1.29, 1.82) is 0 Å².